The molecule has 3 aromatic rings. The lowest BCUT2D eigenvalue weighted by atomic mass is 9.99. The lowest BCUT2D eigenvalue weighted by Gasteiger charge is -2.23. The van der Waals surface area contributed by atoms with Crippen molar-refractivity contribution in [3.63, 3.8) is 0 Å². The fraction of sp³-hybridized carbons (Fsp3) is 0.407. The number of hydrogen-bond donors (Lipinski definition) is 1. The summed E-state index contributed by atoms with van der Waals surface area (Å²) in [7, 11) is 5.70. The maximum absolute atomic E-state index is 13.4. The van der Waals surface area contributed by atoms with Crippen LogP contribution in [0.1, 0.15) is 36.6 Å². The highest BCUT2D eigenvalue weighted by Crippen LogP contribution is 2.36. The van der Waals surface area contributed by atoms with Crippen LogP contribution in [-0.4, -0.2) is 42.9 Å². The Kier molecular flexibility index (Phi) is 7.29. The highest BCUT2D eigenvalue weighted by molar-refractivity contribution is 6.33. The summed E-state index contributed by atoms with van der Waals surface area (Å²) < 4.78 is 7.73. The molecule has 1 aromatic heterocycles. The molecule has 0 radical (unpaired) electrons. The van der Waals surface area contributed by atoms with Crippen LogP contribution < -0.4 is 15.8 Å². The van der Waals surface area contributed by atoms with E-state index < -0.39 is 0 Å². The number of rotatable bonds is 8. The van der Waals surface area contributed by atoms with Crippen molar-refractivity contribution < 1.29 is 4.74 Å². The molecule has 34 heavy (non-hydrogen) atoms. The minimum absolute atomic E-state index is 0.123. The Labute approximate surface area is 206 Å². The van der Waals surface area contributed by atoms with Crippen LogP contribution in [0.2, 0.25) is 5.02 Å². The molecule has 0 fully saturated rings. The van der Waals surface area contributed by atoms with Gasteiger partial charge in [0.15, 0.2) is 0 Å². The molecule has 0 saturated heterocycles. The Morgan fingerprint density at radius 3 is 2.65 bits per heavy atom. The molecule has 1 unspecified atom stereocenters. The van der Waals surface area contributed by atoms with Gasteiger partial charge in [0.05, 0.1) is 16.8 Å². The Morgan fingerprint density at radius 1 is 1.21 bits per heavy atom. The summed E-state index contributed by atoms with van der Waals surface area (Å²) in [5.74, 6) is 0.959. The lowest BCUT2D eigenvalue weighted by Crippen LogP contribution is -2.29. The molecule has 180 valence electrons. The highest BCUT2D eigenvalue weighted by Gasteiger charge is 2.33. The Balaban J connectivity index is 1.66. The number of benzene rings is 2. The van der Waals surface area contributed by atoms with Gasteiger partial charge >= 0.3 is 0 Å². The first-order chi connectivity index (χ1) is 16.3. The van der Waals surface area contributed by atoms with Crippen LogP contribution >= 0.6 is 11.6 Å². The number of nitrogens with zero attached hydrogens (tertiary/aromatic N) is 3. The van der Waals surface area contributed by atoms with Gasteiger partial charge in [-0.15, -0.1) is 0 Å². The van der Waals surface area contributed by atoms with E-state index in [2.05, 4.69) is 29.6 Å². The van der Waals surface area contributed by atoms with Crippen molar-refractivity contribution in [2.45, 2.75) is 38.7 Å². The molecule has 0 bridgehead atoms. The minimum atomic E-state index is -0.174. The molecule has 0 saturated carbocycles. The molecule has 0 amide bonds. The van der Waals surface area contributed by atoms with Crippen molar-refractivity contribution in [2.24, 2.45) is 7.05 Å². The molecule has 4 rings (SSSR count). The first kappa shape index (κ1) is 24.3. The van der Waals surface area contributed by atoms with Gasteiger partial charge in [0, 0.05) is 51.5 Å². The van der Waals surface area contributed by atoms with Gasteiger partial charge < -0.3 is 15.0 Å². The predicted octanol–water partition coefficient (Wildman–Crippen LogP) is 4.89. The second kappa shape index (κ2) is 10.2. The Morgan fingerprint density at radius 2 is 1.97 bits per heavy atom. The summed E-state index contributed by atoms with van der Waals surface area (Å²) in [4.78, 5) is 20.1. The average molecular weight is 481 g/mol. The smallest absolute Gasteiger partial charge is 0.278 e. The van der Waals surface area contributed by atoms with E-state index in [0.29, 0.717) is 35.9 Å². The first-order valence-electron chi connectivity index (χ1n) is 11.9. The van der Waals surface area contributed by atoms with Crippen LogP contribution in [0.3, 0.4) is 0 Å². The fourth-order valence-corrected chi connectivity index (χ4v) is 5.05. The normalized spacial score (nSPS) is 17.0. The number of halogens is 1. The van der Waals surface area contributed by atoms with E-state index in [1.54, 1.807) is 11.6 Å². The SMILES string of the molecule is CCO[C@H]1Cc2ccccc2C1CNc1c(CC)nc(-c2ccc(N(C)C)cc2Cl)c(=O)n1C. The third kappa shape index (κ3) is 4.57. The van der Waals surface area contributed by atoms with Crippen molar-refractivity contribution in [2.75, 3.05) is 37.5 Å². The molecule has 1 heterocycles. The molecule has 6 nitrogen and oxygen atoms in total. The van der Waals surface area contributed by atoms with Crippen LogP contribution in [0.4, 0.5) is 11.5 Å². The molecule has 1 N–H and O–H groups in total. The van der Waals surface area contributed by atoms with E-state index in [-0.39, 0.29) is 17.6 Å². The van der Waals surface area contributed by atoms with Crippen molar-refractivity contribution >= 4 is 23.1 Å². The third-order valence-corrected chi connectivity index (χ3v) is 6.93. The number of aryl methyl sites for hydroxylation is 1. The van der Waals surface area contributed by atoms with Crippen LogP contribution in [-0.2, 0) is 24.6 Å². The number of nitrogens with one attached hydrogen (secondary N) is 1. The van der Waals surface area contributed by atoms with Gasteiger partial charge in [0.2, 0.25) is 0 Å². The molecule has 1 aliphatic rings. The average Bonchev–Trinajstić information content (AvgIpc) is 3.17. The minimum Gasteiger partial charge on any atom is -0.378 e. The van der Waals surface area contributed by atoms with E-state index in [4.69, 9.17) is 21.3 Å². The van der Waals surface area contributed by atoms with E-state index >= 15 is 0 Å². The zero-order valence-corrected chi connectivity index (χ0v) is 21.3. The first-order valence-corrected chi connectivity index (χ1v) is 12.2. The van der Waals surface area contributed by atoms with Crippen LogP contribution in [0.25, 0.3) is 11.3 Å². The van der Waals surface area contributed by atoms with Gasteiger partial charge in [-0.3, -0.25) is 9.36 Å². The lowest BCUT2D eigenvalue weighted by molar-refractivity contribution is 0.0542. The molecule has 1 aliphatic carbocycles. The predicted molar refractivity (Wildman–Crippen MR) is 140 cm³/mol. The monoisotopic (exact) mass is 480 g/mol. The highest BCUT2D eigenvalue weighted by atomic mass is 35.5. The van der Waals surface area contributed by atoms with Gasteiger partial charge in [0.25, 0.3) is 5.56 Å². The Bertz CT molecular complexity index is 1240. The molecule has 2 atom stereocenters. The number of ether oxygens (including phenoxy) is 1. The van der Waals surface area contributed by atoms with E-state index in [9.17, 15) is 4.79 Å². The molecule has 0 aliphatic heterocycles. The molecular formula is C27H33ClN4O2. The number of fused-ring (bicyclic) bond motifs is 1. The summed E-state index contributed by atoms with van der Waals surface area (Å²) in [6, 6.07) is 14.2. The largest absolute Gasteiger partial charge is 0.378 e. The number of anilines is 2. The summed E-state index contributed by atoms with van der Waals surface area (Å²) in [6.07, 6.45) is 1.72. The van der Waals surface area contributed by atoms with Crippen LogP contribution in [0, 0.1) is 0 Å². The quantitative estimate of drug-likeness (QED) is 0.497. The van der Waals surface area contributed by atoms with Crippen LogP contribution in [0.5, 0.6) is 0 Å². The number of aromatic nitrogens is 2. The van der Waals surface area contributed by atoms with Gasteiger partial charge in [-0.25, -0.2) is 4.98 Å². The topological polar surface area (TPSA) is 59.4 Å². The standard InChI is InChI=1S/C27H33ClN4O2/c1-6-23-26(29-16-21-19-11-9-8-10-17(19)14-24(21)34-7-2)32(5)27(33)25(30-23)20-13-12-18(31(3)4)15-22(20)28/h8-13,15,21,24,29H,6-7,14,16H2,1-5H3/t21?,24-/m0/s1. The Hall–Kier alpha value is -2.83. The summed E-state index contributed by atoms with van der Waals surface area (Å²) in [6.45, 7) is 5.43. The van der Waals surface area contributed by atoms with Gasteiger partial charge in [-0.05, 0) is 49.1 Å². The van der Waals surface area contributed by atoms with E-state index in [0.717, 1.165) is 23.6 Å². The van der Waals surface area contributed by atoms with E-state index in [1.807, 2.05) is 51.0 Å². The van der Waals surface area contributed by atoms with Crippen molar-refractivity contribution in [3.8, 4) is 11.3 Å². The maximum Gasteiger partial charge on any atom is 0.278 e. The van der Waals surface area contributed by atoms with Crippen molar-refractivity contribution in [1.82, 2.24) is 9.55 Å². The second-order valence-corrected chi connectivity index (χ2v) is 9.32. The summed E-state index contributed by atoms with van der Waals surface area (Å²) >= 11 is 6.56. The zero-order chi connectivity index (χ0) is 24.4. The zero-order valence-electron chi connectivity index (χ0n) is 20.6. The second-order valence-electron chi connectivity index (χ2n) is 8.92. The summed E-state index contributed by atoms with van der Waals surface area (Å²) in [5.41, 5.74) is 5.31. The number of hydrogen-bond acceptors (Lipinski definition) is 5. The summed E-state index contributed by atoms with van der Waals surface area (Å²) in [5, 5.41) is 4.06. The van der Waals surface area contributed by atoms with Gasteiger partial charge in [0.1, 0.15) is 11.5 Å². The fourth-order valence-electron chi connectivity index (χ4n) is 4.78. The van der Waals surface area contributed by atoms with Crippen LogP contribution in [0.15, 0.2) is 47.3 Å². The van der Waals surface area contributed by atoms with E-state index in [1.165, 1.54) is 11.1 Å². The molecule has 7 heteroatoms. The molecular weight excluding hydrogens is 448 g/mol. The molecule has 2 aromatic carbocycles. The third-order valence-electron chi connectivity index (χ3n) is 6.62. The molecule has 0 spiro atoms. The van der Waals surface area contributed by atoms with Gasteiger partial charge in [-0.2, -0.15) is 0 Å². The van der Waals surface area contributed by atoms with Gasteiger partial charge in [-0.1, -0.05) is 42.8 Å². The maximum atomic E-state index is 13.4. The van der Waals surface area contributed by atoms with Crippen molar-refractivity contribution in [1.29, 1.82) is 0 Å². The van der Waals surface area contributed by atoms with Crippen molar-refractivity contribution in [3.05, 3.63) is 74.7 Å².